The molecule has 1 rings (SSSR count). The monoisotopic (exact) mass is 309 g/mol. The number of pyridine rings is 1. The second-order valence-corrected chi connectivity index (χ2v) is 6.65. The normalized spacial score (nSPS) is 12.3. The minimum Gasteiger partial charge on any atom is -0.366 e. The van der Waals surface area contributed by atoms with Crippen LogP contribution in [0.5, 0.6) is 0 Å². The maximum atomic E-state index is 13.5. The smallest absolute Gasteiger partial charge is 0.209 e. The molecule has 1 aromatic heterocycles. The highest BCUT2D eigenvalue weighted by Gasteiger charge is 2.23. The number of nitrogens with one attached hydrogen (secondary N) is 3. The predicted octanol–water partition coefficient (Wildman–Crippen LogP) is 0.385. The molecule has 0 aliphatic heterocycles. The minimum absolute atomic E-state index is 0.0413. The molecule has 0 unspecified atom stereocenters. The van der Waals surface area contributed by atoms with Crippen LogP contribution in [0.4, 0.5) is 20.4 Å². The van der Waals surface area contributed by atoms with Crippen LogP contribution in [-0.2, 0) is 10.0 Å². The maximum absolute atomic E-state index is 13.5. The average molecular weight is 309 g/mol. The van der Waals surface area contributed by atoms with Gasteiger partial charge in [-0.05, 0) is 13.8 Å². The largest absolute Gasteiger partial charge is 0.366 e. The molecule has 0 aliphatic carbocycles. The van der Waals surface area contributed by atoms with Gasteiger partial charge >= 0.3 is 0 Å². The maximum Gasteiger partial charge on any atom is 0.209 e. The third-order valence-corrected chi connectivity index (χ3v) is 3.15. The number of halogens is 2. The lowest BCUT2D eigenvalue weighted by atomic mass is 10.1. The molecule has 0 atom stereocenters. The van der Waals surface area contributed by atoms with Crippen molar-refractivity contribution in [1.82, 2.24) is 9.71 Å². The van der Waals surface area contributed by atoms with Crippen LogP contribution in [0.3, 0.4) is 0 Å². The topological polar surface area (TPSA) is 109 Å². The van der Waals surface area contributed by atoms with E-state index in [1.54, 1.807) is 13.8 Å². The molecular weight excluding hydrogens is 292 g/mol. The molecule has 0 bridgehead atoms. The number of hydrogen-bond donors (Lipinski definition) is 4. The summed E-state index contributed by atoms with van der Waals surface area (Å²) in [6.45, 7) is 3.24. The van der Waals surface area contributed by atoms with Crippen LogP contribution in [0.1, 0.15) is 13.8 Å². The fraction of sp³-hybridized carbons (Fsp3) is 0.500. The summed E-state index contributed by atoms with van der Waals surface area (Å²) in [6.07, 6.45) is 1.02. The Kier molecular flexibility index (Phi) is 4.84. The van der Waals surface area contributed by atoms with Crippen LogP contribution in [-0.4, -0.2) is 31.7 Å². The van der Waals surface area contributed by atoms with E-state index in [2.05, 4.69) is 15.0 Å². The first-order valence-corrected chi connectivity index (χ1v) is 7.49. The van der Waals surface area contributed by atoms with Crippen LogP contribution >= 0.6 is 0 Å². The fourth-order valence-electron chi connectivity index (χ4n) is 1.53. The second-order valence-electron chi connectivity index (χ2n) is 4.91. The van der Waals surface area contributed by atoms with Crippen molar-refractivity contribution >= 4 is 21.7 Å². The molecule has 0 aliphatic rings. The van der Waals surface area contributed by atoms with E-state index in [1.165, 1.54) is 0 Å². The van der Waals surface area contributed by atoms with E-state index in [0.29, 0.717) is 6.07 Å². The lowest BCUT2D eigenvalue weighted by Crippen LogP contribution is -2.48. The Morgan fingerprint density at radius 2 is 1.85 bits per heavy atom. The van der Waals surface area contributed by atoms with Crippen molar-refractivity contribution < 1.29 is 17.2 Å². The summed E-state index contributed by atoms with van der Waals surface area (Å²) < 4.78 is 51.4. The van der Waals surface area contributed by atoms with Crippen molar-refractivity contribution in [2.75, 3.05) is 23.5 Å². The van der Waals surface area contributed by atoms with Crippen molar-refractivity contribution in [3.05, 3.63) is 17.7 Å². The molecule has 1 heterocycles. The Morgan fingerprint density at radius 1 is 1.30 bits per heavy atom. The Bertz CT molecular complexity index is 592. The van der Waals surface area contributed by atoms with Crippen molar-refractivity contribution in [2.45, 2.75) is 19.4 Å². The first-order chi connectivity index (χ1) is 9.04. The van der Waals surface area contributed by atoms with Gasteiger partial charge in [-0.3, -0.25) is 0 Å². The number of hydrogen-bond acceptors (Lipinski definition) is 6. The van der Waals surface area contributed by atoms with Crippen molar-refractivity contribution in [3.8, 4) is 0 Å². The van der Waals surface area contributed by atoms with E-state index in [-0.39, 0.29) is 18.2 Å². The molecule has 1 aromatic rings. The summed E-state index contributed by atoms with van der Waals surface area (Å²) in [5.41, 5.74) is 1.11. The Labute approximate surface area is 116 Å². The van der Waals surface area contributed by atoms with E-state index in [0.717, 1.165) is 6.26 Å². The van der Waals surface area contributed by atoms with Gasteiger partial charge in [0.1, 0.15) is 0 Å². The molecule has 10 heteroatoms. The lowest BCUT2D eigenvalue weighted by molar-refractivity contribution is 0.474. The van der Waals surface area contributed by atoms with Gasteiger partial charge in [0.25, 0.3) is 0 Å². The molecule has 0 radical (unpaired) electrons. The molecule has 7 nitrogen and oxygen atoms in total. The summed E-state index contributed by atoms with van der Waals surface area (Å²) in [5, 5.41) is 2.60. The van der Waals surface area contributed by atoms with E-state index in [9.17, 15) is 17.2 Å². The highest BCUT2D eigenvalue weighted by Crippen LogP contribution is 2.19. The van der Waals surface area contributed by atoms with Gasteiger partial charge in [0, 0.05) is 18.2 Å². The molecule has 20 heavy (non-hydrogen) atoms. The zero-order chi connectivity index (χ0) is 15.6. The molecule has 0 saturated heterocycles. The van der Waals surface area contributed by atoms with Gasteiger partial charge in [0.05, 0.1) is 6.26 Å². The number of sulfonamides is 1. The average Bonchev–Trinajstić information content (AvgIpc) is 2.24. The fourth-order valence-corrected chi connectivity index (χ4v) is 2.61. The van der Waals surface area contributed by atoms with Crippen LogP contribution in [0.15, 0.2) is 6.07 Å². The van der Waals surface area contributed by atoms with Gasteiger partial charge in [-0.15, -0.1) is 0 Å². The summed E-state index contributed by atoms with van der Waals surface area (Å²) in [7, 11) is -3.41. The van der Waals surface area contributed by atoms with Crippen molar-refractivity contribution in [3.63, 3.8) is 0 Å². The molecule has 5 N–H and O–H groups in total. The number of nitrogen functional groups attached to an aromatic ring is 1. The van der Waals surface area contributed by atoms with Crippen LogP contribution in [0.2, 0.25) is 0 Å². The molecule has 114 valence electrons. The van der Waals surface area contributed by atoms with Gasteiger partial charge in [-0.1, -0.05) is 0 Å². The zero-order valence-electron chi connectivity index (χ0n) is 11.3. The van der Waals surface area contributed by atoms with E-state index < -0.39 is 27.2 Å². The molecule has 0 saturated carbocycles. The second kappa shape index (κ2) is 5.85. The van der Waals surface area contributed by atoms with Gasteiger partial charge in [0.15, 0.2) is 23.3 Å². The third-order valence-electron chi connectivity index (χ3n) is 2.23. The first kappa shape index (κ1) is 16.5. The summed E-state index contributed by atoms with van der Waals surface area (Å²) in [6, 6.07) is 0.627. The number of nitrogens with zero attached hydrogens (tertiary/aromatic N) is 1. The zero-order valence-corrected chi connectivity index (χ0v) is 12.1. The Hall–Kier alpha value is -1.52. The van der Waals surface area contributed by atoms with E-state index in [4.69, 9.17) is 5.84 Å². The molecule has 0 amide bonds. The van der Waals surface area contributed by atoms with Crippen molar-refractivity contribution in [2.24, 2.45) is 5.84 Å². The summed E-state index contributed by atoms with van der Waals surface area (Å²) in [5.74, 6) is 2.66. The Morgan fingerprint density at radius 3 is 2.35 bits per heavy atom. The van der Waals surface area contributed by atoms with Crippen LogP contribution in [0.25, 0.3) is 0 Å². The third kappa shape index (κ3) is 4.87. The number of hydrazine groups is 1. The quantitative estimate of drug-likeness (QED) is 0.447. The first-order valence-electron chi connectivity index (χ1n) is 5.59. The molecular formula is C10H17F2N5O2S. The van der Waals surface area contributed by atoms with Gasteiger partial charge in [-0.25, -0.2) is 32.7 Å². The van der Waals surface area contributed by atoms with Gasteiger partial charge in [-0.2, -0.15) is 0 Å². The number of rotatable bonds is 6. The standard InChI is InChI=1S/C10H17F2N5O2S/c1-10(2,17-20(3,18)19)5-14-8-6(11)4-7(12)9(15-8)16-13/h4,17H,5,13H2,1-3H3,(H2,14,15,16). The number of anilines is 2. The van der Waals surface area contributed by atoms with Gasteiger partial charge in [0.2, 0.25) is 10.0 Å². The summed E-state index contributed by atoms with van der Waals surface area (Å²) in [4.78, 5) is 3.62. The number of nitrogens with two attached hydrogens (primary N) is 1. The highest BCUT2D eigenvalue weighted by atomic mass is 32.2. The summed E-state index contributed by atoms with van der Waals surface area (Å²) >= 11 is 0. The SMILES string of the molecule is CC(C)(CNc1nc(NN)c(F)cc1F)NS(C)(=O)=O. The molecule has 0 fully saturated rings. The van der Waals surface area contributed by atoms with Crippen LogP contribution in [0, 0.1) is 11.6 Å². The van der Waals surface area contributed by atoms with E-state index >= 15 is 0 Å². The lowest BCUT2D eigenvalue weighted by Gasteiger charge is -2.25. The van der Waals surface area contributed by atoms with E-state index in [1.807, 2.05) is 5.43 Å². The van der Waals surface area contributed by atoms with Crippen molar-refractivity contribution in [1.29, 1.82) is 0 Å². The Balaban J connectivity index is 2.84. The molecule has 0 aromatic carbocycles. The number of aromatic nitrogens is 1. The van der Waals surface area contributed by atoms with Crippen LogP contribution < -0.4 is 21.3 Å². The minimum atomic E-state index is -3.41. The van der Waals surface area contributed by atoms with Gasteiger partial charge < -0.3 is 10.7 Å². The molecule has 0 spiro atoms. The highest BCUT2D eigenvalue weighted by molar-refractivity contribution is 7.88. The predicted molar refractivity (Wildman–Crippen MR) is 72.5 cm³/mol.